The van der Waals surface area contributed by atoms with E-state index in [1.165, 1.54) is 64.2 Å². The van der Waals surface area contributed by atoms with Crippen molar-refractivity contribution < 1.29 is 0 Å². The van der Waals surface area contributed by atoms with Gasteiger partial charge in [-0.25, -0.2) is 0 Å². The predicted molar refractivity (Wildman–Crippen MR) is 219 cm³/mol. The van der Waals surface area contributed by atoms with Crippen LogP contribution in [0.4, 0.5) is 17.1 Å². The molecule has 0 unspecified atom stereocenters. The summed E-state index contributed by atoms with van der Waals surface area (Å²) < 4.78 is 5.00. The normalized spacial score (nSPS) is 11.5. The van der Waals surface area contributed by atoms with Crippen molar-refractivity contribution in [2.75, 3.05) is 4.90 Å². The van der Waals surface area contributed by atoms with Crippen LogP contribution in [0.2, 0.25) is 0 Å². The maximum absolute atomic E-state index is 2.45. The van der Waals surface area contributed by atoms with E-state index in [1.54, 1.807) is 0 Å². The Bertz CT molecular complexity index is 2850. The molecular weight excluding hydrogens is 637 g/mol. The molecule has 0 radical (unpaired) electrons. The summed E-state index contributed by atoms with van der Waals surface area (Å²) in [5.41, 5.74) is 11.7. The second kappa shape index (κ2) is 12.2. The van der Waals surface area contributed by atoms with Gasteiger partial charge in [-0.05, 0) is 77.4 Å². The lowest BCUT2D eigenvalue weighted by Crippen LogP contribution is -2.11. The quantitative estimate of drug-likeness (QED) is 0.171. The zero-order chi connectivity index (χ0) is 33.7. The third kappa shape index (κ3) is 4.93. The van der Waals surface area contributed by atoms with Gasteiger partial charge in [-0.15, -0.1) is 11.3 Å². The fourth-order valence-electron chi connectivity index (χ4n) is 7.72. The van der Waals surface area contributed by atoms with Gasteiger partial charge in [0, 0.05) is 53.6 Å². The molecule has 0 saturated heterocycles. The van der Waals surface area contributed by atoms with E-state index in [-0.39, 0.29) is 0 Å². The largest absolute Gasteiger partial charge is 0.310 e. The predicted octanol–water partition coefficient (Wildman–Crippen LogP) is 14.0. The second-order valence-corrected chi connectivity index (χ2v) is 14.0. The van der Waals surface area contributed by atoms with Gasteiger partial charge >= 0.3 is 0 Å². The molecule has 10 rings (SSSR count). The van der Waals surface area contributed by atoms with Crippen LogP contribution in [0, 0.1) is 0 Å². The number of rotatable bonds is 6. The molecule has 8 aromatic carbocycles. The Kier molecular flexibility index (Phi) is 7.04. The molecule has 2 aromatic heterocycles. The number of anilines is 3. The zero-order valence-electron chi connectivity index (χ0n) is 27.8. The maximum atomic E-state index is 2.45. The van der Waals surface area contributed by atoms with Gasteiger partial charge < -0.3 is 9.47 Å². The lowest BCUT2D eigenvalue weighted by Gasteiger charge is -2.28. The van der Waals surface area contributed by atoms with Crippen LogP contribution in [0.25, 0.3) is 69.9 Å². The lowest BCUT2D eigenvalue weighted by molar-refractivity contribution is 1.18. The average molecular weight is 669 g/mol. The monoisotopic (exact) mass is 668 g/mol. The maximum Gasteiger partial charge on any atom is 0.0547 e. The molecule has 0 bridgehead atoms. The van der Waals surface area contributed by atoms with Crippen LogP contribution in [-0.2, 0) is 0 Å². The average Bonchev–Trinajstić information content (AvgIpc) is 3.74. The Morgan fingerprint density at radius 2 is 1.00 bits per heavy atom. The number of aromatic nitrogens is 1. The lowest BCUT2D eigenvalue weighted by atomic mass is 9.98. The van der Waals surface area contributed by atoms with E-state index < -0.39 is 0 Å². The van der Waals surface area contributed by atoms with E-state index in [4.69, 9.17) is 0 Å². The molecule has 0 spiro atoms. The molecule has 2 nitrogen and oxygen atoms in total. The highest BCUT2D eigenvalue weighted by Crippen LogP contribution is 2.46. The van der Waals surface area contributed by atoms with Crippen molar-refractivity contribution in [2.45, 2.75) is 0 Å². The summed E-state index contributed by atoms with van der Waals surface area (Å²) in [6, 6.07) is 70.4. The highest BCUT2D eigenvalue weighted by molar-refractivity contribution is 7.25. The molecule has 0 atom stereocenters. The molecule has 0 fully saturated rings. The number of benzene rings is 8. The highest BCUT2D eigenvalue weighted by atomic mass is 32.1. The van der Waals surface area contributed by atoms with Crippen LogP contribution < -0.4 is 4.90 Å². The van der Waals surface area contributed by atoms with Crippen molar-refractivity contribution in [3.8, 4) is 27.9 Å². The van der Waals surface area contributed by atoms with Crippen LogP contribution >= 0.6 is 11.3 Å². The van der Waals surface area contributed by atoms with E-state index in [9.17, 15) is 0 Å². The Hall–Kier alpha value is -6.42. The second-order valence-electron chi connectivity index (χ2n) is 12.9. The summed E-state index contributed by atoms with van der Waals surface area (Å²) in [7, 11) is 0. The van der Waals surface area contributed by atoms with Gasteiger partial charge in [-0.2, -0.15) is 0 Å². The number of nitrogens with zero attached hydrogens (tertiary/aromatic N) is 2. The van der Waals surface area contributed by atoms with Gasteiger partial charge in [0.2, 0.25) is 0 Å². The minimum atomic E-state index is 1.11. The van der Waals surface area contributed by atoms with Gasteiger partial charge in [0.15, 0.2) is 0 Å². The van der Waals surface area contributed by atoms with E-state index in [0.717, 1.165) is 22.7 Å². The number of para-hydroxylation sites is 2. The number of hydrogen-bond acceptors (Lipinski definition) is 2. The summed E-state index contributed by atoms with van der Waals surface area (Å²) in [5, 5.41) is 5.07. The molecule has 0 amide bonds. The molecular formula is C48H32N2S. The minimum Gasteiger partial charge on any atom is -0.310 e. The first-order chi connectivity index (χ1) is 25.3. The third-order valence-corrected chi connectivity index (χ3v) is 11.1. The molecule has 0 aliphatic heterocycles. The molecule has 3 heteroatoms. The first-order valence-electron chi connectivity index (χ1n) is 17.4. The molecule has 0 saturated carbocycles. The van der Waals surface area contributed by atoms with Gasteiger partial charge in [0.25, 0.3) is 0 Å². The molecule has 0 aliphatic rings. The van der Waals surface area contributed by atoms with E-state index in [0.29, 0.717) is 0 Å². The van der Waals surface area contributed by atoms with Crippen molar-refractivity contribution in [1.29, 1.82) is 0 Å². The van der Waals surface area contributed by atoms with Crippen LogP contribution in [0.15, 0.2) is 194 Å². The molecule has 0 aliphatic carbocycles. The molecule has 51 heavy (non-hydrogen) atoms. The van der Waals surface area contributed by atoms with Crippen molar-refractivity contribution in [2.24, 2.45) is 0 Å². The number of fused-ring (bicyclic) bond motifs is 6. The first kappa shape index (κ1) is 29.5. The topological polar surface area (TPSA) is 8.17 Å². The van der Waals surface area contributed by atoms with E-state index in [1.807, 2.05) is 11.3 Å². The smallest absolute Gasteiger partial charge is 0.0547 e. The SMILES string of the molecule is c1ccc(-c2ccccc2N(c2ccc3c(c2)sc2ccccc23)c2ccc3c(c2)c2c(-c4ccccc4)cccc2n3-c2ccccc2)cc1. The highest BCUT2D eigenvalue weighted by Gasteiger charge is 2.22. The van der Waals surface area contributed by atoms with E-state index >= 15 is 0 Å². The summed E-state index contributed by atoms with van der Waals surface area (Å²) >= 11 is 1.86. The Labute approximate surface area is 300 Å². The van der Waals surface area contributed by atoms with E-state index in [2.05, 4.69) is 204 Å². The van der Waals surface area contributed by atoms with Crippen LogP contribution in [0.5, 0.6) is 0 Å². The Morgan fingerprint density at radius 1 is 0.392 bits per heavy atom. The zero-order valence-corrected chi connectivity index (χ0v) is 28.6. The fraction of sp³-hybridized carbons (Fsp3) is 0. The number of thiophene rings is 1. The summed E-state index contributed by atoms with van der Waals surface area (Å²) in [6.07, 6.45) is 0. The van der Waals surface area contributed by atoms with Crippen LogP contribution in [0.1, 0.15) is 0 Å². The fourth-order valence-corrected chi connectivity index (χ4v) is 8.86. The van der Waals surface area contributed by atoms with Gasteiger partial charge in [-0.1, -0.05) is 133 Å². The first-order valence-corrected chi connectivity index (χ1v) is 18.2. The third-order valence-electron chi connectivity index (χ3n) is 9.98. The minimum absolute atomic E-state index is 1.11. The van der Waals surface area contributed by atoms with Gasteiger partial charge in [-0.3, -0.25) is 0 Å². The molecule has 240 valence electrons. The van der Waals surface area contributed by atoms with Crippen molar-refractivity contribution in [3.05, 3.63) is 194 Å². The van der Waals surface area contributed by atoms with Crippen LogP contribution in [0.3, 0.4) is 0 Å². The van der Waals surface area contributed by atoms with Crippen molar-refractivity contribution in [1.82, 2.24) is 4.57 Å². The Morgan fingerprint density at radius 3 is 1.80 bits per heavy atom. The summed E-state index contributed by atoms with van der Waals surface area (Å²) in [5.74, 6) is 0. The molecule has 10 aromatic rings. The van der Waals surface area contributed by atoms with Gasteiger partial charge in [0.05, 0.1) is 16.7 Å². The standard InChI is InChI=1S/C48H32N2S/c1-4-15-33(16-5-1)38-21-10-12-24-43(38)49(37-27-29-41-40-22-11-13-26-46(40)51-47(41)32-37)36-28-30-44-42(31-36)48-39(34-17-6-2-7-18-34)23-14-25-45(48)50(44)35-19-8-3-9-20-35/h1-32H. The van der Waals surface area contributed by atoms with Crippen molar-refractivity contribution in [3.63, 3.8) is 0 Å². The summed E-state index contributed by atoms with van der Waals surface area (Å²) in [6.45, 7) is 0. The number of hydrogen-bond donors (Lipinski definition) is 0. The molecule has 2 heterocycles. The molecule has 0 N–H and O–H groups in total. The Balaban J connectivity index is 1.27. The van der Waals surface area contributed by atoms with Crippen molar-refractivity contribution >= 4 is 70.4 Å². The van der Waals surface area contributed by atoms with Gasteiger partial charge in [0.1, 0.15) is 0 Å². The summed E-state index contributed by atoms with van der Waals surface area (Å²) in [4.78, 5) is 2.45. The van der Waals surface area contributed by atoms with Crippen LogP contribution in [-0.4, -0.2) is 4.57 Å².